The van der Waals surface area contributed by atoms with Gasteiger partial charge in [-0.05, 0) is 29.0 Å². The highest BCUT2D eigenvalue weighted by Gasteiger charge is 2.12. The first kappa shape index (κ1) is 19.5. The first-order valence-electron chi connectivity index (χ1n) is 9.38. The van der Waals surface area contributed by atoms with E-state index in [-0.39, 0.29) is 12.5 Å². The van der Waals surface area contributed by atoms with Gasteiger partial charge in [0, 0.05) is 35.9 Å². The van der Waals surface area contributed by atoms with E-state index in [9.17, 15) is 4.79 Å². The van der Waals surface area contributed by atoms with Crippen LogP contribution < -0.4 is 5.32 Å². The lowest BCUT2D eigenvalue weighted by Crippen LogP contribution is -2.35. The molecular formula is C20H21ClN6O2. The molecule has 1 amide bonds. The third-order valence-electron chi connectivity index (χ3n) is 4.57. The number of benzene rings is 2. The molecule has 0 spiro atoms. The summed E-state index contributed by atoms with van der Waals surface area (Å²) in [6, 6.07) is 15.0. The molecule has 2 aromatic carbocycles. The van der Waals surface area contributed by atoms with Crippen LogP contribution in [0.2, 0.25) is 5.02 Å². The number of anilines is 1. The maximum Gasteiger partial charge on any atom is 0.248 e. The summed E-state index contributed by atoms with van der Waals surface area (Å²) in [7, 11) is 0. The standard InChI is InChI=1S/C20H21ClN6O2/c21-17-2-1-3-18(12-17)22-19(28)14-27-24-20(23-25-27)16-6-4-15(5-7-16)13-26-8-10-29-11-9-26/h1-7,12H,8-11,13-14H2,(H,22,28). The van der Waals surface area contributed by atoms with E-state index in [0.29, 0.717) is 16.5 Å². The van der Waals surface area contributed by atoms with Crippen LogP contribution in [-0.4, -0.2) is 57.3 Å². The molecule has 1 aliphatic rings. The Morgan fingerprint density at radius 3 is 2.69 bits per heavy atom. The number of tetrazole rings is 1. The number of halogens is 1. The predicted molar refractivity (Wildman–Crippen MR) is 109 cm³/mol. The van der Waals surface area contributed by atoms with Crippen molar-refractivity contribution in [2.75, 3.05) is 31.6 Å². The van der Waals surface area contributed by atoms with Crippen molar-refractivity contribution in [2.24, 2.45) is 0 Å². The lowest BCUT2D eigenvalue weighted by atomic mass is 10.1. The number of rotatable bonds is 6. The smallest absolute Gasteiger partial charge is 0.248 e. The summed E-state index contributed by atoms with van der Waals surface area (Å²) in [4.78, 5) is 15.8. The van der Waals surface area contributed by atoms with Gasteiger partial charge in [-0.1, -0.05) is 41.9 Å². The summed E-state index contributed by atoms with van der Waals surface area (Å²) < 4.78 is 5.38. The molecule has 9 heteroatoms. The van der Waals surface area contributed by atoms with Crippen LogP contribution in [0.3, 0.4) is 0 Å². The third-order valence-corrected chi connectivity index (χ3v) is 4.80. The molecule has 0 aliphatic carbocycles. The van der Waals surface area contributed by atoms with Crippen molar-refractivity contribution in [1.29, 1.82) is 0 Å². The summed E-state index contributed by atoms with van der Waals surface area (Å²) in [5.41, 5.74) is 2.71. The normalized spacial score (nSPS) is 14.7. The van der Waals surface area contributed by atoms with Crippen LogP contribution in [0.15, 0.2) is 48.5 Å². The fourth-order valence-corrected chi connectivity index (χ4v) is 3.29. The highest BCUT2D eigenvalue weighted by atomic mass is 35.5. The van der Waals surface area contributed by atoms with Crippen molar-refractivity contribution in [3.8, 4) is 11.4 Å². The molecule has 1 aliphatic heterocycles. The Morgan fingerprint density at radius 2 is 1.93 bits per heavy atom. The largest absolute Gasteiger partial charge is 0.379 e. The first-order valence-corrected chi connectivity index (χ1v) is 9.76. The van der Waals surface area contributed by atoms with Gasteiger partial charge in [0.2, 0.25) is 11.7 Å². The molecule has 8 nitrogen and oxygen atoms in total. The van der Waals surface area contributed by atoms with Gasteiger partial charge in [-0.25, -0.2) is 0 Å². The van der Waals surface area contributed by atoms with Crippen LogP contribution >= 0.6 is 11.6 Å². The monoisotopic (exact) mass is 412 g/mol. The van der Waals surface area contributed by atoms with Crippen LogP contribution in [0, 0.1) is 0 Å². The summed E-state index contributed by atoms with van der Waals surface area (Å²) in [6.45, 7) is 4.35. The Balaban J connectivity index is 1.35. The van der Waals surface area contributed by atoms with Gasteiger partial charge in [-0.2, -0.15) is 4.80 Å². The number of hydrogen-bond donors (Lipinski definition) is 1. The van der Waals surface area contributed by atoms with E-state index in [1.807, 2.05) is 12.1 Å². The van der Waals surface area contributed by atoms with Crippen LogP contribution in [-0.2, 0) is 22.6 Å². The van der Waals surface area contributed by atoms with Crippen LogP contribution in [0.4, 0.5) is 5.69 Å². The zero-order chi connectivity index (χ0) is 20.1. The van der Waals surface area contributed by atoms with E-state index in [1.54, 1.807) is 24.3 Å². The van der Waals surface area contributed by atoms with Crippen molar-refractivity contribution in [3.63, 3.8) is 0 Å². The van der Waals surface area contributed by atoms with Gasteiger partial charge < -0.3 is 10.1 Å². The number of hydrogen-bond acceptors (Lipinski definition) is 6. The Kier molecular flexibility index (Phi) is 6.14. The predicted octanol–water partition coefficient (Wildman–Crippen LogP) is 2.46. The highest BCUT2D eigenvalue weighted by molar-refractivity contribution is 6.30. The van der Waals surface area contributed by atoms with E-state index >= 15 is 0 Å². The lowest BCUT2D eigenvalue weighted by Gasteiger charge is -2.26. The summed E-state index contributed by atoms with van der Waals surface area (Å²) in [5.74, 6) is 0.232. The van der Waals surface area contributed by atoms with Gasteiger partial charge in [0.25, 0.3) is 0 Å². The highest BCUT2D eigenvalue weighted by Crippen LogP contribution is 2.17. The van der Waals surface area contributed by atoms with Crippen molar-refractivity contribution in [1.82, 2.24) is 25.1 Å². The Morgan fingerprint density at radius 1 is 1.14 bits per heavy atom. The van der Waals surface area contributed by atoms with Crippen molar-refractivity contribution >= 4 is 23.2 Å². The number of amides is 1. The second-order valence-corrected chi connectivity index (χ2v) is 7.22. The second kappa shape index (κ2) is 9.13. The average molecular weight is 413 g/mol. The molecule has 3 aromatic rings. The van der Waals surface area contributed by atoms with Gasteiger partial charge >= 0.3 is 0 Å². The van der Waals surface area contributed by atoms with Gasteiger partial charge in [-0.3, -0.25) is 9.69 Å². The molecule has 150 valence electrons. The SMILES string of the molecule is O=C(Cn1nnc(-c2ccc(CN3CCOCC3)cc2)n1)Nc1cccc(Cl)c1. The molecule has 0 atom stereocenters. The Hall–Kier alpha value is -2.81. The number of ether oxygens (including phenoxy) is 1. The quantitative estimate of drug-likeness (QED) is 0.669. The minimum atomic E-state index is -0.253. The molecule has 2 heterocycles. The molecule has 0 radical (unpaired) electrons. The fraction of sp³-hybridized carbons (Fsp3) is 0.300. The molecule has 0 unspecified atom stereocenters. The molecule has 1 fully saturated rings. The molecule has 0 saturated carbocycles. The fourth-order valence-electron chi connectivity index (χ4n) is 3.10. The van der Waals surface area contributed by atoms with E-state index in [2.05, 4.69) is 37.8 Å². The Bertz CT molecular complexity index is 969. The van der Waals surface area contributed by atoms with Gasteiger partial charge in [0.05, 0.1) is 13.2 Å². The minimum absolute atomic E-state index is 0.0331. The van der Waals surface area contributed by atoms with Gasteiger partial charge in [0.1, 0.15) is 6.54 Å². The Labute approximate surface area is 173 Å². The van der Waals surface area contributed by atoms with Crippen molar-refractivity contribution in [2.45, 2.75) is 13.1 Å². The minimum Gasteiger partial charge on any atom is -0.379 e. The zero-order valence-corrected chi connectivity index (χ0v) is 16.5. The number of morpholine rings is 1. The van der Waals surface area contributed by atoms with E-state index in [1.165, 1.54) is 10.4 Å². The number of aromatic nitrogens is 4. The summed E-state index contributed by atoms with van der Waals surface area (Å²) in [5, 5.41) is 15.7. The molecule has 0 bridgehead atoms. The van der Waals surface area contributed by atoms with E-state index < -0.39 is 0 Å². The average Bonchev–Trinajstić information content (AvgIpc) is 3.17. The molecule has 1 saturated heterocycles. The van der Waals surface area contributed by atoms with Crippen LogP contribution in [0.25, 0.3) is 11.4 Å². The zero-order valence-electron chi connectivity index (χ0n) is 15.8. The number of nitrogens with zero attached hydrogens (tertiary/aromatic N) is 5. The van der Waals surface area contributed by atoms with Crippen LogP contribution in [0.5, 0.6) is 0 Å². The molecule has 4 rings (SSSR count). The molecular weight excluding hydrogens is 392 g/mol. The van der Waals surface area contributed by atoms with Gasteiger partial charge in [-0.15, -0.1) is 10.2 Å². The first-order chi connectivity index (χ1) is 14.2. The van der Waals surface area contributed by atoms with Crippen molar-refractivity contribution in [3.05, 3.63) is 59.1 Å². The topological polar surface area (TPSA) is 85.2 Å². The maximum atomic E-state index is 12.2. The maximum absolute atomic E-state index is 12.2. The summed E-state index contributed by atoms with van der Waals surface area (Å²) in [6.07, 6.45) is 0. The number of carbonyl (C=O) groups excluding carboxylic acids is 1. The molecule has 29 heavy (non-hydrogen) atoms. The number of carbonyl (C=O) groups is 1. The van der Waals surface area contributed by atoms with E-state index in [4.69, 9.17) is 16.3 Å². The second-order valence-electron chi connectivity index (χ2n) is 6.79. The molecule has 1 N–H and O–H groups in total. The number of nitrogens with one attached hydrogen (secondary N) is 1. The lowest BCUT2D eigenvalue weighted by molar-refractivity contribution is -0.117. The van der Waals surface area contributed by atoms with E-state index in [0.717, 1.165) is 38.4 Å². The van der Waals surface area contributed by atoms with Gasteiger partial charge in [0.15, 0.2) is 0 Å². The van der Waals surface area contributed by atoms with Crippen molar-refractivity contribution < 1.29 is 9.53 Å². The molecule has 1 aromatic heterocycles. The summed E-state index contributed by atoms with van der Waals surface area (Å²) >= 11 is 5.93. The van der Waals surface area contributed by atoms with Crippen LogP contribution in [0.1, 0.15) is 5.56 Å². The third kappa shape index (κ3) is 5.38.